The van der Waals surface area contributed by atoms with Crippen molar-refractivity contribution in [3.8, 4) is 0 Å². The van der Waals surface area contributed by atoms with E-state index in [1.807, 2.05) is 0 Å². The van der Waals surface area contributed by atoms with Gasteiger partial charge in [0, 0.05) is 9.75 Å². The Labute approximate surface area is 131 Å². The van der Waals surface area contributed by atoms with Crippen LogP contribution in [-0.2, 0) is 24.2 Å². The number of carbonyl (C=O) groups is 1. The number of anilines is 1. The Morgan fingerprint density at radius 3 is 3.19 bits per heavy atom. The van der Waals surface area contributed by atoms with Gasteiger partial charge in [0.15, 0.2) is 5.13 Å². The number of fused-ring (bicyclic) bond motifs is 1. The number of thiazole rings is 1. The SMILES string of the molecule is CCc1ccsc1CNc1nc2c(s1)CCCC2C(=O)O. The topological polar surface area (TPSA) is 62.2 Å². The number of carboxylic acid groups (broad SMARTS) is 1. The van der Waals surface area contributed by atoms with Crippen molar-refractivity contribution in [1.29, 1.82) is 0 Å². The predicted molar refractivity (Wildman–Crippen MR) is 86.5 cm³/mol. The first-order valence-electron chi connectivity index (χ1n) is 7.20. The number of nitrogens with zero attached hydrogens (tertiary/aromatic N) is 1. The van der Waals surface area contributed by atoms with Crippen LogP contribution in [-0.4, -0.2) is 16.1 Å². The normalized spacial score (nSPS) is 17.5. The molecule has 2 heterocycles. The maximum atomic E-state index is 11.3. The Hall–Kier alpha value is -1.40. The molecule has 0 spiro atoms. The highest BCUT2D eigenvalue weighted by molar-refractivity contribution is 7.15. The third-order valence-electron chi connectivity index (χ3n) is 3.87. The van der Waals surface area contributed by atoms with Gasteiger partial charge in [0.25, 0.3) is 0 Å². The molecule has 0 saturated carbocycles. The van der Waals surface area contributed by atoms with Crippen molar-refractivity contribution in [2.45, 2.75) is 45.1 Å². The van der Waals surface area contributed by atoms with Crippen LogP contribution in [0.3, 0.4) is 0 Å². The maximum absolute atomic E-state index is 11.3. The van der Waals surface area contributed by atoms with Crippen LogP contribution in [0.5, 0.6) is 0 Å². The summed E-state index contributed by atoms with van der Waals surface area (Å²) < 4.78 is 0. The predicted octanol–water partition coefficient (Wildman–Crippen LogP) is 3.88. The van der Waals surface area contributed by atoms with Gasteiger partial charge in [-0.2, -0.15) is 0 Å². The van der Waals surface area contributed by atoms with E-state index in [9.17, 15) is 9.90 Å². The van der Waals surface area contributed by atoms with Gasteiger partial charge in [-0.25, -0.2) is 4.98 Å². The first-order chi connectivity index (χ1) is 10.2. The van der Waals surface area contributed by atoms with Gasteiger partial charge in [-0.3, -0.25) is 4.79 Å². The summed E-state index contributed by atoms with van der Waals surface area (Å²) in [5, 5.41) is 15.6. The van der Waals surface area contributed by atoms with Crippen molar-refractivity contribution in [1.82, 2.24) is 4.98 Å². The van der Waals surface area contributed by atoms with E-state index < -0.39 is 11.9 Å². The van der Waals surface area contributed by atoms with Gasteiger partial charge in [0.05, 0.1) is 12.2 Å². The number of hydrogen-bond donors (Lipinski definition) is 2. The van der Waals surface area contributed by atoms with Crippen LogP contribution in [0.2, 0.25) is 0 Å². The summed E-state index contributed by atoms with van der Waals surface area (Å²) in [5.41, 5.74) is 2.15. The number of aromatic nitrogens is 1. The summed E-state index contributed by atoms with van der Waals surface area (Å²) in [6.07, 6.45) is 3.64. The molecule has 2 aromatic rings. The molecule has 2 N–H and O–H groups in total. The Morgan fingerprint density at radius 2 is 2.43 bits per heavy atom. The Bertz CT molecular complexity index is 648. The zero-order chi connectivity index (χ0) is 14.8. The first kappa shape index (κ1) is 14.5. The van der Waals surface area contributed by atoms with Crippen LogP contribution < -0.4 is 5.32 Å². The van der Waals surface area contributed by atoms with Crippen LogP contribution >= 0.6 is 22.7 Å². The van der Waals surface area contributed by atoms with Gasteiger partial charge in [-0.15, -0.1) is 22.7 Å². The molecule has 0 amide bonds. The molecule has 0 fully saturated rings. The van der Waals surface area contributed by atoms with E-state index in [1.54, 1.807) is 22.7 Å². The summed E-state index contributed by atoms with van der Waals surface area (Å²) in [4.78, 5) is 18.3. The number of carboxylic acids is 1. The Balaban J connectivity index is 1.74. The van der Waals surface area contributed by atoms with Crippen molar-refractivity contribution >= 4 is 33.8 Å². The van der Waals surface area contributed by atoms with Gasteiger partial charge in [-0.05, 0) is 42.7 Å². The van der Waals surface area contributed by atoms with E-state index in [0.29, 0.717) is 6.42 Å². The summed E-state index contributed by atoms with van der Waals surface area (Å²) in [5.74, 6) is -1.17. The number of aryl methyl sites for hydroxylation is 2. The third kappa shape index (κ3) is 2.96. The molecule has 21 heavy (non-hydrogen) atoms. The number of nitrogens with one attached hydrogen (secondary N) is 1. The van der Waals surface area contributed by atoms with E-state index in [0.717, 1.165) is 41.5 Å². The minimum Gasteiger partial charge on any atom is -0.481 e. The molecule has 1 unspecified atom stereocenters. The molecule has 1 aliphatic rings. The van der Waals surface area contributed by atoms with Crippen molar-refractivity contribution in [3.63, 3.8) is 0 Å². The Morgan fingerprint density at radius 1 is 1.57 bits per heavy atom. The number of thiophene rings is 1. The fourth-order valence-corrected chi connectivity index (χ4v) is 4.70. The van der Waals surface area contributed by atoms with E-state index in [-0.39, 0.29) is 0 Å². The molecule has 2 aromatic heterocycles. The van der Waals surface area contributed by atoms with E-state index in [4.69, 9.17) is 0 Å². The zero-order valence-electron chi connectivity index (χ0n) is 11.9. The molecule has 0 bridgehead atoms. The minimum atomic E-state index is -0.751. The zero-order valence-corrected chi connectivity index (χ0v) is 13.5. The molecule has 0 aromatic carbocycles. The summed E-state index contributed by atoms with van der Waals surface area (Å²) >= 11 is 3.36. The summed E-state index contributed by atoms with van der Waals surface area (Å²) in [6, 6.07) is 2.16. The van der Waals surface area contributed by atoms with Gasteiger partial charge >= 0.3 is 5.97 Å². The van der Waals surface area contributed by atoms with Crippen LogP contribution in [0.4, 0.5) is 5.13 Å². The van der Waals surface area contributed by atoms with Crippen LogP contribution in [0.15, 0.2) is 11.4 Å². The summed E-state index contributed by atoms with van der Waals surface area (Å²) in [7, 11) is 0. The van der Waals surface area contributed by atoms with Crippen molar-refractivity contribution in [2.24, 2.45) is 0 Å². The molecule has 1 atom stereocenters. The molecule has 112 valence electrons. The van der Waals surface area contributed by atoms with Gasteiger partial charge in [0.2, 0.25) is 0 Å². The lowest BCUT2D eigenvalue weighted by molar-refractivity contribution is -0.139. The lowest BCUT2D eigenvalue weighted by atomic mass is 9.91. The first-order valence-corrected chi connectivity index (χ1v) is 8.90. The second-order valence-electron chi connectivity index (χ2n) is 5.19. The highest BCUT2D eigenvalue weighted by Crippen LogP contribution is 2.37. The number of aliphatic carboxylic acids is 1. The molecule has 4 nitrogen and oxygen atoms in total. The molecule has 0 radical (unpaired) electrons. The Kier molecular flexibility index (Phi) is 4.26. The smallest absolute Gasteiger partial charge is 0.312 e. The molecular formula is C15H18N2O2S2. The highest BCUT2D eigenvalue weighted by Gasteiger charge is 2.29. The van der Waals surface area contributed by atoms with Crippen molar-refractivity contribution in [3.05, 3.63) is 32.5 Å². The number of hydrogen-bond acceptors (Lipinski definition) is 5. The second kappa shape index (κ2) is 6.15. The van der Waals surface area contributed by atoms with Crippen molar-refractivity contribution in [2.75, 3.05) is 5.32 Å². The molecule has 0 aliphatic heterocycles. The van der Waals surface area contributed by atoms with Crippen LogP contribution in [0.25, 0.3) is 0 Å². The molecule has 6 heteroatoms. The molecule has 1 aliphatic carbocycles. The quantitative estimate of drug-likeness (QED) is 0.877. The van der Waals surface area contributed by atoms with E-state index in [2.05, 4.69) is 28.7 Å². The van der Waals surface area contributed by atoms with Gasteiger partial charge < -0.3 is 10.4 Å². The van der Waals surface area contributed by atoms with Crippen LogP contribution in [0, 0.1) is 0 Å². The van der Waals surface area contributed by atoms with Gasteiger partial charge in [0.1, 0.15) is 5.92 Å². The van der Waals surface area contributed by atoms with Crippen LogP contribution in [0.1, 0.15) is 46.7 Å². The van der Waals surface area contributed by atoms with E-state index >= 15 is 0 Å². The maximum Gasteiger partial charge on any atom is 0.312 e. The largest absolute Gasteiger partial charge is 0.481 e. The van der Waals surface area contributed by atoms with E-state index in [1.165, 1.54) is 10.4 Å². The van der Waals surface area contributed by atoms with Crippen molar-refractivity contribution < 1.29 is 9.90 Å². The lowest BCUT2D eigenvalue weighted by Crippen LogP contribution is -2.17. The monoisotopic (exact) mass is 322 g/mol. The standard InChI is InChI=1S/C15H18N2O2S2/c1-2-9-6-7-20-12(9)8-16-15-17-13-10(14(18)19)4-3-5-11(13)21-15/h6-7,10H,2-5,8H2,1H3,(H,16,17)(H,18,19). The van der Waals surface area contributed by atoms with Gasteiger partial charge in [-0.1, -0.05) is 6.92 Å². The fourth-order valence-electron chi connectivity index (χ4n) is 2.73. The highest BCUT2D eigenvalue weighted by atomic mass is 32.1. The average molecular weight is 322 g/mol. The molecule has 0 saturated heterocycles. The third-order valence-corrected chi connectivity index (χ3v) is 5.92. The molecule has 3 rings (SSSR count). The molecular weight excluding hydrogens is 304 g/mol. The summed E-state index contributed by atoms with van der Waals surface area (Å²) in [6.45, 7) is 2.93. The average Bonchev–Trinajstić information content (AvgIpc) is 3.09. The lowest BCUT2D eigenvalue weighted by Gasteiger charge is -2.16. The minimum absolute atomic E-state index is 0.423. The fraction of sp³-hybridized carbons (Fsp3) is 0.467. The second-order valence-corrected chi connectivity index (χ2v) is 7.27. The number of rotatable bonds is 5.